The van der Waals surface area contributed by atoms with Crippen molar-refractivity contribution in [2.24, 2.45) is 5.73 Å². The van der Waals surface area contributed by atoms with E-state index in [9.17, 15) is 0 Å². The predicted octanol–water partition coefficient (Wildman–Crippen LogP) is 3.26. The van der Waals surface area contributed by atoms with Gasteiger partial charge in [-0.3, -0.25) is 0 Å². The minimum atomic E-state index is 0.314. The molecular formula is C18H20N4O. The van der Waals surface area contributed by atoms with E-state index in [-0.39, 0.29) is 0 Å². The summed E-state index contributed by atoms with van der Waals surface area (Å²) in [4.78, 5) is 11.1. The molecule has 0 radical (unpaired) electrons. The Morgan fingerprint density at radius 2 is 1.78 bits per heavy atom. The fourth-order valence-electron chi connectivity index (χ4n) is 2.51. The van der Waals surface area contributed by atoms with Crippen LogP contribution in [0.25, 0.3) is 10.9 Å². The summed E-state index contributed by atoms with van der Waals surface area (Å²) in [5, 5.41) is 1.00. The number of anilines is 2. The number of benzene rings is 2. The molecule has 3 rings (SSSR count). The average molecular weight is 308 g/mol. The first-order chi connectivity index (χ1) is 11.2. The number of para-hydroxylation sites is 1. The molecule has 0 aliphatic rings. The Hall–Kier alpha value is -2.66. The first-order valence-electron chi connectivity index (χ1n) is 7.65. The van der Waals surface area contributed by atoms with Crippen molar-refractivity contribution in [2.45, 2.75) is 13.5 Å². The molecule has 0 amide bonds. The van der Waals surface area contributed by atoms with Gasteiger partial charge in [0.2, 0.25) is 0 Å². The Morgan fingerprint density at radius 3 is 2.48 bits per heavy atom. The lowest BCUT2D eigenvalue weighted by Crippen LogP contribution is -2.14. The second-order valence-electron chi connectivity index (χ2n) is 5.17. The zero-order valence-electron chi connectivity index (χ0n) is 13.4. The molecule has 1 aromatic heterocycles. The molecule has 5 heteroatoms. The van der Waals surface area contributed by atoms with Crippen LogP contribution in [0.15, 0.2) is 48.5 Å². The lowest BCUT2D eigenvalue weighted by atomic mass is 10.2. The van der Waals surface area contributed by atoms with Crippen molar-refractivity contribution >= 4 is 22.4 Å². The first-order valence-corrected chi connectivity index (χ1v) is 7.65. The Balaban J connectivity index is 2.04. The number of aromatic nitrogens is 2. The fourth-order valence-corrected chi connectivity index (χ4v) is 2.51. The van der Waals surface area contributed by atoms with Crippen LogP contribution >= 0.6 is 0 Å². The number of nitrogens with zero attached hydrogens (tertiary/aromatic N) is 3. The third-order valence-electron chi connectivity index (χ3n) is 3.66. The van der Waals surface area contributed by atoms with Gasteiger partial charge in [-0.15, -0.1) is 0 Å². The molecule has 0 aliphatic carbocycles. The van der Waals surface area contributed by atoms with Gasteiger partial charge in [0.1, 0.15) is 17.4 Å². The van der Waals surface area contributed by atoms with E-state index in [1.165, 1.54) is 0 Å². The van der Waals surface area contributed by atoms with Gasteiger partial charge >= 0.3 is 0 Å². The van der Waals surface area contributed by atoms with Gasteiger partial charge in [-0.2, -0.15) is 0 Å². The first kappa shape index (κ1) is 15.2. The summed E-state index contributed by atoms with van der Waals surface area (Å²) in [5.41, 5.74) is 7.67. The molecule has 2 N–H and O–H groups in total. The second kappa shape index (κ2) is 6.62. The standard InChI is InChI=1S/C18H20N4O/c1-3-23-14-10-8-13(9-11-14)22(2)18-15-6-4-5-7-16(15)20-17(12-19)21-18/h4-11H,3,12,19H2,1-2H3. The van der Waals surface area contributed by atoms with E-state index in [4.69, 9.17) is 10.5 Å². The van der Waals surface area contributed by atoms with E-state index in [1.54, 1.807) is 0 Å². The van der Waals surface area contributed by atoms with Crippen molar-refractivity contribution in [1.82, 2.24) is 9.97 Å². The number of hydrogen-bond acceptors (Lipinski definition) is 5. The molecular weight excluding hydrogens is 288 g/mol. The van der Waals surface area contributed by atoms with Gasteiger partial charge in [0.05, 0.1) is 18.7 Å². The van der Waals surface area contributed by atoms with Gasteiger partial charge < -0.3 is 15.4 Å². The van der Waals surface area contributed by atoms with Crippen LogP contribution in [-0.4, -0.2) is 23.6 Å². The molecule has 0 saturated carbocycles. The highest BCUT2D eigenvalue weighted by Crippen LogP contribution is 2.29. The summed E-state index contributed by atoms with van der Waals surface area (Å²) in [6.07, 6.45) is 0. The SMILES string of the molecule is CCOc1ccc(N(C)c2nc(CN)nc3ccccc23)cc1. The van der Waals surface area contributed by atoms with Gasteiger partial charge in [-0.25, -0.2) is 9.97 Å². The number of fused-ring (bicyclic) bond motifs is 1. The number of rotatable bonds is 5. The summed E-state index contributed by atoms with van der Waals surface area (Å²) in [5.74, 6) is 2.34. The molecule has 0 aliphatic heterocycles. The molecule has 3 aromatic rings. The van der Waals surface area contributed by atoms with Crippen LogP contribution in [0.5, 0.6) is 5.75 Å². The van der Waals surface area contributed by atoms with Crippen molar-refractivity contribution in [3.05, 3.63) is 54.4 Å². The molecule has 1 heterocycles. The maximum Gasteiger partial charge on any atom is 0.144 e. The summed E-state index contributed by atoms with van der Waals surface area (Å²) >= 11 is 0. The van der Waals surface area contributed by atoms with E-state index in [0.717, 1.165) is 28.2 Å². The van der Waals surface area contributed by atoms with Crippen molar-refractivity contribution in [3.63, 3.8) is 0 Å². The predicted molar refractivity (Wildman–Crippen MR) is 93.1 cm³/mol. The van der Waals surface area contributed by atoms with Crippen LogP contribution in [0.1, 0.15) is 12.7 Å². The summed E-state index contributed by atoms with van der Waals surface area (Å²) in [6.45, 7) is 2.95. The topological polar surface area (TPSA) is 64.3 Å². The van der Waals surface area contributed by atoms with Crippen LogP contribution in [0.3, 0.4) is 0 Å². The van der Waals surface area contributed by atoms with Gasteiger partial charge in [-0.05, 0) is 43.3 Å². The smallest absolute Gasteiger partial charge is 0.144 e. The monoisotopic (exact) mass is 308 g/mol. The van der Waals surface area contributed by atoms with Crippen LogP contribution in [0, 0.1) is 0 Å². The van der Waals surface area contributed by atoms with Crippen molar-refractivity contribution < 1.29 is 4.74 Å². The maximum atomic E-state index is 5.74. The molecule has 0 spiro atoms. The lowest BCUT2D eigenvalue weighted by molar-refractivity contribution is 0.340. The van der Waals surface area contributed by atoms with Gasteiger partial charge in [0, 0.05) is 18.1 Å². The fraction of sp³-hybridized carbons (Fsp3) is 0.222. The number of hydrogen-bond donors (Lipinski definition) is 1. The van der Waals surface area contributed by atoms with Crippen molar-refractivity contribution in [2.75, 3.05) is 18.6 Å². The molecule has 5 nitrogen and oxygen atoms in total. The van der Waals surface area contributed by atoms with Gasteiger partial charge in [0.25, 0.3) is 0 Å². The molecule has 0 saturated heterocycles. The van der Waals surface area contributed by atoms with Crippen molar-refractivity contribution in [3.8, 4) is 5.75 Å². The molecule has 118 valence electrons. The molecule has 0 atom stereocenters. The molecule has 23 heavy (non-hydrogen) atoms. The zero-order valence-corrected chi connectivity index (χ0v) is 13.4. The zero-order chi connectivity index (χ0) is 16.2. The normalized spacial score (nSPS) is 10.7. The average Bonchev–Trinajstić information content (AvgIpc) is 2.61. The number of ether oxygens (including phenoxy) is 1. The van der Waals surface area contributed by atoms with Crippen LogP contribution < -0.4 is 15.4 Å². The highest BCUT2D eigenvalue weighted by molar-refractivity contribution is 5.91. The van der Waals surface area contributed by atoms with Crippen LogP contribution in [0.4, 0.5) is 11.5 Å². The lowest BCUT2D eigenvalue weighted by Gasteiger charge is -2.21. The van der Waals surface area contributed by atoms with Crippen LogP contribution in [-0.2, 0) is 6.54 Å². The molecule has 2 aromatic carbocycles. The van der Waals surface area contributed by atoms with Gasteiger partial charge in [0.15, 0.2) is 0 Å². The maximum absolute atomic E-state index is 5.74. The summed E-state index contributed by atoms with van der Waals surface area (Å²) < 4.78 is 5.49. The third-order valence-corrected chi connectivity index (χ3v) is 3.66. The van der Waals surface area contributed by atoms with E-state index in [2.05, 4.69) is 9.97 Å². The molecule has 0 fully saturated rings. The Labute approximate surface area is 135 Å². The van der Waals surface area contributed by atoms with E-state index in [1.807, 2.05) is 67.4 Å². The summed E-state index contributed by atoms with van der Waals surface area (Å²) in [6, 6.07) is 15.9. The van der Waals surface area contributed by atoms with Crippen LogP contribution in [0.2, 0.25) is 0 Å². The van der Waals surface area contributed by atoms with Gasteiger partial charge in [-0.1, -0.05) is 12.1 Å². The largest absolute Gasteiger partial charge is 0.494 e. The Kier molecular flexibility index (Phi) is 4.39. The van der Waals surface area contributed by atoms with E-state index >= 15 is 0 Å². The minimum Gasteiger partial charge on any atom is -0.494 e. The Morgan fingerprint density at radius 1 is 1.04 bits per heavy atom. The van der Waals surface area contributed by atoms with E-state index < -0.39 is 0 Å². The van der Waals surface area contributed by atoms with Crippen molar-refractivity contribution in [1.29, 1.82) is 0 Å². The molecule has 0 bridgehead atoms. The highest BCUT2D eigenvalue weighted by atomic mass is 16.5. The Bertz CT molecular complexity index is 802. The second-order valence-corrected chi connectivity index (χ2v) is 5.17. The summed E-state index contributed by atoms with van der Waals surface area (Å²) in [7, 11) is 1.99. The van der Waals surface area contributed by atoms with E-state index in [0.29, 0.717) is 19.0 Å². The highest BCUT2D eigenvalue weighted by Gasteiger charge is 2.12. The third kappa shape index (κ3) is 3.10. The quantitative estimate of drug-likeness (QED) is 0.784. The number of nitrogens with two attached hydrogens (primary N) is 1. The molecule has 0 unspecified atom stereocenters. The minimum absolute atomic E-state index is 0.314.